The van der Waals surface area contributed by atoms with Crippen molar-refractivity contribution in [3.05, 3.63) is 35.9 Å². The summed E-state index contributed by atoms with van der Waals surface area (Å²) in [6, 6.07) is 9.50. The summed E-state index contributed by atoms with van der Waals surface area (Å²) < 4.78 is 9.91. The lowest BCUT2D eigenvalue weighted by Crippen LogP contribution is -2.29. The molecule has 4 nitrogen and oxygen atoms in total. The number of carbonyl (C=O) groups is 1. The molecule has 0 bridgehead atoms. The van der Waals surface area contributed by atoms with Crippen LogP contribution in [0.15, 0.2) is 30.3 Å². The predicted molar refractivity (Wildman–Crippen MR) is 60.7 cm³/mol. The van der Waals surface area contributed by atoms with Crippen LogP contribution in [0.4, 0.5) is 0 Å². The summed E-state index contributed by atoms with van der Waals surface area (Å²) in [6.07, 6.45) is 0.186. The normalized spacial score (nSPS) is 12.1. The maximum absolute atomic E-state index is 10.9. The Bertz CT molecular complexity index is 313. The highest BCUT2D eigenvalue weighted by Crippen LogP contribution is 2.01. The van der Waals surface area contributed by atoms with Crippen molar-refractivity contribution in [1.82, 2.24) is 0 Å². The van der Waals surface area contributed by atoms with Gasteiger partial charge >= 0.3 is 5.97 Å². The van der Waals surface area contributed by atoms with Crippen LogP contribution in [0.25, 0.3) is 0 Å². The summed E-state index contributed by atoms with van der Waals surface area (Å²) in [5, 5.41) is 0. The first-order valence-electron chi connectivity index (χ1n) is 5.16. The fourth-order valence-corrected chi connectivity index (χ4v) is 1.26. The number of ether oxygens (including phenoxy) is 2. The maximum Gasteiger partial charge on any atom is 0.307 e. The van der Waals surface area contributed by atoms with Gasteiger partial charge in [0.1, 0.15) is 0 Å². The van der Waals surface area contributed by atoms with Gasteiger partial charge in [-0.2, -0.15) is 0 Å². The van der Waals surface area contributed by atoms with Crippen LogP contribution in [-0.2, 0) is 20.9 Å². The van der Waals surface area contributed by atoms with Gasteiger partial charge in [-0.1, -0.05) is 30.3 Å². The smallest absolute Gasteiger partial charge is 0.307 e. The lowest BCUT2D eigenvalue weighted by atomic mass is 10.2. The van der Waals surface area contributed by atoms with Crippen molar-refractivity contribution in [3.63, 3.8) is 0 Å². The summed E-state index contributed by atoms with van der Waals surface area (Å²) in [6.45, 7) is 0.861. The Kier molecular flexibility index (Phi) is 5.53. The fraction of sp³-hybridized carbons (Fsp3) is 0.417. The molecule has 0 spiro atoms. The van der Waals surface area contributed by atoms with E-state index in [0.717, 1.165) is 5.56 Å². The third-order valence-corrected chi connectivity index (χ3v) is 2.10. The van der Waals surface area contributed by atoms with Crippen molar-refractivity contribution in [2.24, 2.45) is 5.73 Å². The number of nitrogens with two attached hydrogens (primary N) is 1. The van der Waals surface area contributed by atoms with E-state index in [9.17, 15) is 4.79 Å². The van der Waals surface area contributed by atoms with Crippen LogP contribution in [0, 0.1) is 0 Å². The van der Waals surface area contributed by atoms with E-state index in [4.69, 9.17) is 10.5 Å². The van der Waals surface area contributed by atoms with Crippen molar-refractivity contribution in [2.45, 2.75) is 19.1 Å². The summed E-state index contributed by atoms with van der Waals surface area (Å²) in [7, 11) is 1.35. The molecule has 0 saturated heterocycles. The molecule has 2 N–H and O–H groups in total. The van der Waals surface area contributed by atoms with Crippen LogP contribution in [0.1, 0.15) is 12.0 Å². The average Bonchev–Trinajstić information content (AvgIpc) is 2.30. The highest BCUT2D eigenvalue weighted by Gasteiger charge is 2.09. The molecule has 4 heteroatoms. The van der Waals surface area contributed by atoms with Crippen LogP contribution in [-0.4, -0.2) is 25.7 Å². The van der Waals surface area contributed by atoms with Gasteiger partial charge in [0.15, 0.2) is 0 Å². The predicted octanol–water partition coefficient (Wildman–Crippen LogP) is 1.09. The zero-order chi connectivity index (χ0) is 11.8. The van der Waals surface area contributed by atoms with Crippen LogP contribution >= 0.6 is 0 Å². The standard InChI is InChI=1S/C12H17NO3/c1-15-12(14)7-11(13)9-16-8-10-5-3-2-4-6-10/h2-6,11H,7-9,13H2,1H3/t11-/m0/s1. The first-order chi connectivity index (χ1) is 7.72. The van der Waals surface area contributed by atoms with Crippen molar-refractivity contribution in [3.8, 4) is 0 Å². The molecule has 0 radical (unpaired) electrons. The molecular weight excluding hydrogens is 206 g/mol. The molecule has 0 heterocycles. The molecule has 0 aliphatic rings. The van der Waals surface area contributed by atoms with Crippen LogP contribution in [0.2, 0.25) is 0 Å². The van der Waals surface area contributed by atoms with E-state index < -0.39 is 0 Å². The average molecular weight is 223 g/mol. The quantitative estimate of drug-likeness (QED) is 0.733. The van der Waals surface area contributed by atoms with Crippen molar-refractivity contribution in [2.75, 3.05) is 13.7 Å². The summed E-state index contributed by atoms with van der Waals surface area (Å²) >= 11 is 0. The molecule has 0 amide bonds. The van der Waals surface area contributed by atoms with Crippen molar-refractivity contribution >= 4 is 5.97 Å². The molecule has 0 unspecified atom stereocenters. The number of hydrogen-bond donors (Lipinski definition) is 1. The van der Waals surface area contributed by atoms with E-state index >= 15 is 0 Å². The largest absolute Gasteiger partial charge is 0.469 e. The van der Waals surface area contributed by atoms with E-state index in [1.807, 2.05) is 30.3 Å². The number of esters is 1. The van der Waals surface area contributed by atoms with Gasteiger partial charge in [-0.25, -0.2) is 0 Å². The van der Waals surface area contributed by atoms with E-state index in [1.165, 1.54) is 7.11 Å². The SMILES string of the molecule is COC(=O)C[C@H](N)COCc1ccccc1. The number of methoxy groups -OCH3 is 1. The van der Waals surface area contributed by atoms with E-state index in [2.05, 4.69) is 4.74 Å². The minimum atomic E-state index is -0.309. The van der Waals surface area contributed by atoms with E-state index in [0.29, 0.717) is 13.2 Å². The maximum atomic E-state index is 10.9. The molecule has 1 rings (SSSR count). The van der Waals surface area contributed by atoms with Crippen LogP contribution in [0.3, 0.4) is 0 Å². The highest BCUT2D eigenvalue weighted by molar-refractivity contribution is 5.69. The minimum Gasteiger partial charge on any atom is -0.469 e. The van der Waals surface area contributed by atoms with Gasteiger partial charge in [0, 0.05) is 6.04 Å². The number of rotatable bonds is 6. The van der Waals surface area contributed by atoms with Gasteiger partial charge in [0.25, 0.3) is 0 Å². The molecule has 1 atom stereocenters. The summed E-state index contributed by atoms with van der Waals surface area (Å²) in [4.78, 5) is 10.9. The summed E-state index contributed by atoms with van der Waals surface area (Å²) in [5.41, 5.74) is 6.78. The zero-order valence-electron chi connectivity index (χ0n) is 9.39. The minimum absolute atomic E-state index is 0.186. The topological polar surface area (TPSA) is 61.5 Å². The zero-order valence-corrected chi connectivity index (χ0v) is 9.39. The molecule has 1 aromatic carbocycles. The lowest BCUT2D eigenvalue weighted by Gasteiger charge is -2.10. The Hall–Kier alpha value is -1.39. The van der Waals surface area contributed by atoms with Crippen LogP contribution < -0.4 is 5.73 Å². The molecule has 0 aliphatic carbocycles. The van der Waals surface area contributed by atoms with Gasteiger partial charge in [-0.3, -0.25) is 4.79 Å². The van der Waals surface area contributed by atoms with Crippen molar-refractivity contribution < 1.29 is 14.3 Å². The first-order valence-corrected chi connectivity index (χ1v) is 5.16. The Morgan fingerprint density at radius 1 is 1.38 bits per heavy atom. The third kappa shape index (κ3) is 4.91. The second-order valence-corrected chi connectivity index (χ2v) is 3.54. The Morgan fingerprint density at radius 2 is 2.06 bits per heavy atom. The molecule has 1 aromatic rings. The number of benzene rings is 1. The van der Waals surface area contributed by atoms with Gasteiger partial charge in [0.2, 0.25) is 0 Å². The molecule has 0 aliphatic heterocycles. The van der Waals surface area contributed by atoms with Gasteiger partial charge in [0.05, 0.1) is 26.7 Å². The van der Waals surface area contributed by atoms with Crippen molar-refractivity contribution in [1.29, 1.82) is 0 Å². The molecule has 88 valence electrons. The highest BCUT2D eigenvalue weighted by atomic mass is 16.5. The van der Waals surface area contributed by atoms with Gasteiger partial charge in [-0.15, -0.1) is 0 Å². The Morgan fingerprint density at radius 3 is 2.69 bits per heavy atom. The number of carbonyl (C=O) groups excluding carboxylic acids is 1. The fourth-order valence-electron chi connectivity index (χ4n) is 1.26. The number of hydrogen-bond acceptors (Lipinski definition) is 4. The summed E-state index contributed by atoms with van der Waals surface area (Å²) in [5.74, 6) is -0.309. The van der Waals surface area contributed by atoms with E-state index in [-0.39, 0.29) is 18.4 Å². The Labute approximate surface area is 95.3 Å². The van der Waals surface area contributed by atoms with Gasteiger partial charge in [-0.05, 0) is 5.56 Å². The van der Waals surface area contributed by atoms with Gasteiger partial charge < -0.3 is 15.2 Å². The third-order valence-electron chi connectivity index (χ3n) is 2.10. The second kappa shape index (κ2) is 6.98. The molecule has 16 heavy (non-hydrogen) atoms. The Balaban J connectivity index is 2.18. The van der Waals surface area contributed by atoms with E-state index in [1.54, 1.807) is 0 Å². The lowest BCUT2D eigenvalue weighted by molar-refractivity contribution is -0.141. The molecule has 0 aromatic heterocycles. The second-order valence-electron chi connectivity index (χ2n) is 3.54. The first kappa shape index (κ1) is 12.7. The monoisotopic (exact) mass is 223 g/mol. The molecule has 0 fully saturated rings. The molecule has 0 saturated carbocycles. The molecular formula is C12H17NO3. The van der Waals surface area contributed by atoms with Crippen LogP contribution in [0.5, 0.6) is 0 Å².